The third-order valence-electron chi connectivity index (χ3n) is 2.93. The highest BCUT2D eigenvalue weighted by Crippen LogP contribution is 2.14. The van der Waals surface area contributed by atoms with Gasteiger partial charge in [0.1, 0.15) is 0 Å². The summed E-state index contributed by atoms with van der Waals surface area (Å²) in [6.07, 6.45) is 5.48. The monoisotopic (exact) mass is 258 g/mol. The number of hydrogen-bond acceptors (Lipinski definition) is 2. The average molecular weight is 258 g/mol. The number of amides is 1. The molecule has 0 saturated heterocycles. The molecule has 0 saturated carbocycles. The fourth-order valence-corrected chi connectivity index (χ4v) is 2.16. The predicted octanol–water partition coefficient (Wildman–Crippen LogP) is 2.77. The van der Waals surface area contributed by atoms with Crippen LogP contribution in [0.5, 0.6) is 0 Å². The molecule has 17 heavy (non-hydrogen) atoms. The zero-order chi connectivity index (χ0) is 13.3. The Labute approximate surface area is 111 Å². The highest BCUT2D eigenvalue weighted by atomic mass is 32.1. The standard InChI is InChI=1S/C13H26N2OS/c1-4-7-10(8-5-2)13(16)15-11(6-3)9-12(14)17/h10-11H,4-9H2,1-3H3,(H2,14,17)(H,15,16). The van der Waals surface area contributed by atoms with Gasteiger partial charge in [-0.25, -0.2) is 0 Å². The minimum atomic E-state index is 0.0937. The van der Waals surface area contributed by atoms with Gasteiger partial charge in [0.05, 0.1) is 4.99 Å². The van der Waals surface area contributed by atoms with Gasteiger partial charge in [-0.15, -0.1) is 0 Å². The maximum absolute atomic E-state index is 12.1. The minimum absolute atomic E-state index is 0.0937. The van der Waals surface area contributed by atoms with Crippen molar-refractivity contribution in [2.45, 2.75) is 65.3 Å². The first-order chi connectivity index (χ1) is 8.04. The second kappa shape index (κ2) is 9.40. The summed E-state index contributed by atoms with van der Waals surface area (Å²) in [5.74, 6) is 0.308. The summed E-state index contributed by atoms with van der Waals surface area (Å²) in [5.41, 5.74) is 5.52. The number of carbonyl (C=O) groups is 1. The van der Waals surface area contributed by atoms with Crippen molar-refractivity contribution in [3.05, 3.63) is 0 Å². The van der Waals surface area contributed by atoms with Crippen LogP contribution in [0, 0.1) is 5.92 Å². The lowest BCUT2D eigenvalue weighted by atomic mass is 9.96. The van der Waals surface area contributed by atoms with E-state index in [-0.39, 0.29) is 17.9 Å². The summed E-state index contributed by atoms with van der Waals surface area (Å²) >= 11 is 4.89. The zero-order valence-corrected chi connectivity index (χ0v) is 12.1. The van der Waals surface area contributed by atoms with E-state index in [0.29, 0.717) is 11.4 Å². The molecule has 0 aliphatic heterocycles. The van der Waals surface area contributed by atoms with E-state index in [9.17, 15) is 4.79 Å². The molecular weight excluding hydrogens is 232 g/mol. The number of nitrogens with two attached hydrogens (primary N) is 1. The fraction of sp³-hybridized carbons (Fsp3) is 0.846. The van der Waals surface area contributed by atoms with Crippen molar-refractivity contribution < 1.29 is 4.79 Å². The van der Waals surface area contributed by atoms with Gasteiger partial charge < -0.3 is 11.1 Å². The average Bonchev–Trinajstić information content (AvgIpc) is 2.27. The number of thiocarbonyl (C=S) groups is 1. The number of rotatable bonds is 9. The zero-order valence-electron chi connectivity index (χ0n) is 11.3. The molecule has 3 nitrogen and oxygen atoms in total. The van der Waals surface area contributed by atoms with Crippen molar-refractivity contribution in [3.8, 4) is 0 Å². The van der Waals surface area contributed by atoms with E-state index in [2.05, 4.69) is 19.2 Å². The normalized spacial score (nSPS) is 12.5. The van der Waals surface area contributed by atoms with Crippen LogP contribution >= 0.6 is 12.2 Å². The predicted molar refractivity (Wildman–Crippen MR) is 76.9 cm³/mol. The van der Waals surface area contributed by atoms with Crippen LogP contribution in [0.2, 0.25) is 0 Å². The van der Waals surface area contributed by atoms with Gasteiger partial charge in [0.25, 0.3) is 0 Å². The SMILES string of the molecule is CCCC(CCC)C(=O)NC(CC)CC(N)=S. The first-order valence-corrected chi connectivity index (χ1v) is 7.04. The van der Waals surface area contributed by atoms with Crippen LogP contribution in [0.15, 0.2) is 0 Å². The Kier molecular flexibility index (Phi) is 9.04. The third-order valence-corrected chi connectivity index (χ3v) is 3.10. The largest absolute Gasteiger partial charge is 0.393 e. The van der Waals surface area contributed by atoms with Crippen molar-refractivity contribution >= 4 is 23.1 Å². The molecule has 0 aliphatic rings. The van der Waals surface area contributed by atoms with Crippen LogP contribution in [-0.4, -0.2) is 16.9 Å². The molecule has 0 spiro atoms. The Morgan fingerprint density at radius 3 is 2.12 bits per heavy atom. The van der Waals surface area contributed by atoms with Crippen LogP contribution in [0.4, 0.5) is 0 Å². The summed E-state index contributed by atoms with van der Waals surface area (Å²) < 4.78 is 0. The lowest BCUT2D eigenvalue weighted by molar-refractivity contribution is -0.126. The van der Waals surface area contributed by atoms with E-state index in [0.717, 1.165) is 32.1 Å². The van der Waals surface area contributed by atoms with E-state index in [4.69, 9.17) is 18.0 Å². The van der Waals surface area contributed by atoms with Gasteiger partial charge in [-0.2, -0.15) is 0 Å². The van der Waals surface area contributed by atoms with E-state index < -0.39 is 0 Å². The number of hydrogen-bond donors (Lipinski definition) is 2. The molecule has 0 aromatic heterocycles. The van der Waals surface area contributed by atoms with Crippen LogP contribution in [0.25, 0.3) is 0 Å². The van der Waals surface area contributed by atoms with E-state index in [1.807, 2.05) is 6.92 Å². The van der Waals surface area contributed by atoms with Gasteiger partial charge in [-0.05, 0) is 19.3 Å². The van der Waals surface area contributed by atoms with Crippen molar-refractivity contribution in [2.75, 3.05) is 0 Å². The molecule has 0 radical (unpaired) electrons. The summed E-state index contributed by atoms with van der Waals surface area (Å²) in [6.45, 7) is 6.27. The maximum atomic E-state index is 12.1. The highest BCUT2D eigenvalue weighted by Gasteiger charge is 2.19. The second-order valence-corrected chi connectivity index (χ2v) is 5.08. The molecular formula is C13H26N2OS. The summed E-state index contributed by atoms with van der Waals surface area (Å²) in [7, 11) is 0. The molecule has 0 fully saturated rings. The quantitative estimate of drug-likeness (QED) is 0.625. The summed E-state index contributed by atoms with van der Waals surface area (Å²) in [6, 6.07) is 0.0937. The molecule has 100 valence electrons. The van der Waals surface area contributed by atoms with E-state index in [1.165, 1.54) is 0 Å². The Balaban J connectivity index is 4.29. The molecule has 0 aromatic rings. The van der Waals surface area contributed by atoms with Crippen LogP contribution in [0.1, 0.15) is 59.3 Å². The Morgan fingerprint density at radius 2 is 1.76 bits per heavy atom. The Morgan fingerprint density at radius 1 is 1.24 bits per heavy atom. The lowest BCUT2D eigenvalue weighted by Crippen LogP contribution is -2.40. The van der Waals surface area contributed by atoms with Gasteiger partial charge in [-0.1, -0.05) is 45.8 Å². The van der Waals surface area contributed by atoms with Crippen LogP contribution in [0.3, 0.4) is 0 Å². The molecule has 1 amide bonds. The number of nitrogens with one attached hydrogen (secondary N) is 1. The summed E-state index contributed by atoms with van der Waals surface area (Å²) in [4.78, 5) is 12.6. The fourth-order valence-electron chi connectivity index (χ4n) is 1.96. The molecule has 3 N–H and O–H groups in total. The molecule has 0 bridgehead atoms. The van der Waals surface area contributed by atoms with Crippen LogP contribution in [-0.2, 0) is 4.79 Å². The Bertz CT molecular complexity index is 238. The molecule has 0 aliphatic carbocycles. The van der Waals surface area contributed by atoms with Crippen LogP contribution < -0.4 is 11.1 Å². The summed E-state index contributed by atoms with van der Waals surface area (Å²) in [5, 5.41) is 3.06. The molecule has 0 heterocycles. The van der Waals surface area contributed by atoms with Gasteiger partial charge in [-0.3, -0.25) is 4.79 Å². The lowest BCUT2D eigenvalue weighted by Gasteiger charge is -2.21. The van der Waals surface area contributed by atoms with Crippen molar-refractivity contribution in [1.29, 1.82) is 0 Å². The maximum Gasteiger partial charge on any atom is 0.223 e. The topological polar surface area (TPSA) is 55.1 Å². The highest BCUT2D eigenvalue weighted by molar-refractivity contribution is 7.80. The molecule has 0 aromatic carbocycles. The van der Waals surface area contributed by atoms with Crippen molar-refractivity contribution in [1.82, 2.24) is 5.32 Å². The first kappa shape index (κ1) is 16.4. The van der Waals surface area contributed by atoms with Gasteiger partial charge in [0.15, 0.2) is 0 Å². The number of carbonyl (C=O) groups excluding carboxylic acids is 1. The third kappa shape index (κ3) is 7.31. The molecule has 0 rings (SSSR count). The van der Waals surface area contributed by atoms with Gasteiger partial charge in [0, 0.05) is 18.4 Å². The van der Waals surface area contributed by atoms with Gasteiger partial charge in [0.2, 0.25) is 5.91 Å². The minimum Gasteiger partial charge on any atom is -0.393 e. The van der Waals surface area contributed by atoms with Crippen molar-refractivity contribution in [2.24, 2.45) is 11.7 Å². The van der Waals surface area contributed by atoms with E-state index >= 15 is 0 Å². The Hall–Kier alpha value is -0.640. The molecule has 4 heteroatoms. The van der Waals surface area contributed by atoms with Gasteiger partial charge >= 0.3 is 0 Å². The first-order valence-electron chi connectivity index (χ1n) is 6.63. The smallest absolute Gasteiger partial charge is 0.223 e. The van der Waals surface area contributed by atoms with E-state index in [1.54, 1.807) is 0 Å². The molecule has 1 atom stereocenters. The van der Waals surface area contributed by atoms with Crippen molar-refractivity contribution in [3.63, 3.8) is 0 Å². The molecule has 1 unspecified atom stereocenters. The second-order valence-electron chi connectivity index (χ2n) is 4.56.